The molecule has 1 aromatic rings. The quantitative estimate of drug-likeness (QED) is 0.721. The van der Waals surface area contributed by atoms with E-state index in [0.29, 0.717) is 12.0 Å². The Labute approximate surface area is 83.5 Å². The predicted molar refractivity (Wildman–Crippen MR) is 53.1 cm³/mol. The van der Waals surface area contributed by atoms with E-state index in [1.165, 1.54) is 6.20 Å². The molecule has 4 heteroatoms. The minimum absolute atomic E-state index is 0.241. The molecule has 0 amide bonds. The lowest BCUT2D eigenvalue weighted by Gasteiger charge is -2.02. The first-order valence-corrected chi connectivity index (χ1v) is 4.93. The van der Waals surface area contributed by atoms with Gasteiger partial charge in [-0.2, -0.15) is 5.10 Å². The lowest BCUT2D eigenvalue weighted by atomic mass is 10.1. The van der Waals surface area contributed by atoms with E-state index in [1.54, 1.807) is 17.8 Å². The molecule has 1 rings (SSSR count). The first-order chi connectivity index (χ1) is 6.69. The van der Waals surface area contributed by atoms with E-state index in [9.17, 15) is 9.90 Å². The minimum atomic E-state index is -0.894. The summed E-state index contributed by atoms with van der Waals surface area (Å²) >= 11 is 0. The summed E-state index contributed by atoms with van der Waals surface area (Å²) in [5.74, 6) is -0.241. The Morgan fingerprint density at radius 3 is 2.93 bits per heavy atom. The summed E-state index contributed by atoms with van der Waals surface area (Å²) < 4.78 is 1.72. The van der Waals surface area contributed by atoms with E-state index in [4.69, 9.17) is 0 Å². The highest BCUT2D eigenvalue weighted by Gasteiger charge is 2.16. The Balaban J connectivity index is 2.71. The maximum Gasteiger partial charge on any atom is 0.194 e. The highest BCUT2D eigenvalue weighted by Crippen LogP contribution is 2.05. The molecule has 1 heterocycles. The average molecular weight is 196 g/mol. The molecule has 0 aromatic carbocycles. The molecule has 1 aromatic heterocycles. The fourth-order valence-corrected chi connectivity index (χ4v) is 1.22. The van der Waals surface area contributed by atoms with Crippen LogP contribution >= 0.6 is 0 Å². The van der Waals surface area contributed by atoms with Crippen LogP contribution in [-0.4, -0.2) is 26.8 Å². The SMILES string of the molecule is CCCn1cc(C(=O)C(O)CC)cn1. The van der Waals surface area contributed by atoms with E-state index >= 15 is 0 Å². The van der Waals surface area contributed by atoms with Crippen molar-refractivity contribution >= 4 is 5.78 Å². The van der Waals surface area contributed by atoms with Gasteiger partial charge in [0, 0.05) is 12.7 Å². The van der Waals surface area contributed by atoms with Crippen molar-refractivity contribution in [2.75, 3.05) is 0 Å². The average Bonchev–Trinajstić information content (AvgIpc) is 2.64. The topological polar surface area (TPSA) is 55.1 Å². The summed E-state index contributed by atoms with van der Waals surface area (Å²) in [6.07, 6.45) is 3.72. The van der Waals surface area contributed by atoms with Crippen molar-refractivity contribution in [2.24, 2.45) is 0 Å². The van der Waals surface area contributed by atoms with E-state index in [0.717, 1.165) is 13.0 Å². The molecule has 78 valence electrons. The molecule has 0 bridgehead atoms. The van der Waals surface area contributed by atoms with Gasteiger partial charge in [0.05, 0.1) is 11.8 Å². The number of hydrogen-bond acceptors (Lipinski definition) is 3. The van der Waals surface area contributed by atoms with Crippen molar-refractivity contribution in [2.45, 2.75) is 39.3 Å². The number of nitrogens with zero attached hydrogens (tertiary/aromatic N) is 2. The van der Waals surface area contributed by atoms with Crippen molar-refractivity contribution in [1.82, 2.24) is 9.78 Å². The zero-order valence-electron chi connectivity index (χ0n) is 8.60. The maximum absolute atomic E-state index is 11.5. The van der Waals surface area contributed by atoms with Crippen LogP contribution in [0.1, 0.15) is 37.0 Å². The summed E-state index contributed by atoms with van der Waals surface area (Å²) in [5, 5.41) is 13.4. The third-order valence-electron chi connectivity index (χ3n) is 2.06. The van der Waals surface area contributed by atoms with Gasteiger partial charge in [0.1, 0.15) is 6.10 Å². The largest absolute Gasteiger partial charge is 0.385 e. The van der Waals surface area contributed by atoms with Gasteiger partial charge in [0.25, 0.3) is 0 Å². The predicted octanol–water partition coefficient (Wildman–Crippen LogP) is 1.25. The lowest BCUT2D eigenvalue weighted by Crippen LogP contribution is -2.18. The van der Waals surface area contributed by atoms with E-state index in [2.05, 4.69) is 5.10 Å². The fourth-order valence-electron chi connectivity index (χ4n) is 1.22. The van der Waals surface area contributed by atoms with Gasteiger partial charge in [-0.25, -0.2) is 0 Å². The molecule has 0 radical (unpaired) electrons. The molecule has 0 spiro atoms. The van der Waals surface area contributed by atoms with Crippen LogP contribution in [0.25, 0.3) is 0 Å². The standard InChI is InChI=1S/C10H16N2O2/c1-3-5-12-7-8(6-11-12)10(14)9(13)4-2/h6-7,9,13H,3-5H2,1-2H3. The zero-order valence-corrected chi connectivity index (χ0v) is 8.60. The van der Waals surface area contributed by atoms with E-state index in [-0.39, 0.29) is 5.78 Å². The smallest absolute Gasteiger partial charge is 0.194 e. The molecule has 0 aliphatic heterocycles. The third kappa shape index (κ3) is 2.42. The molecule has 0 saturated heterocycles. The molecule has 0 aliphatic rings. The summed E-state index contributed by atoms with van der Waals surface area (Å²) in [6.45, 7) is 4.62. The first-order valence-electron chi connectivity index (χ1n) is 4.93. The van der Waals surface area contributed by atoms with Gasteiger partial charge in [-0.3, -0.25) is 9.48 Å². The fraction of sp³-hybridized carbons (Fsp3) is 0.600. The molecular weight excluding hydrogens is 180 g/mol. The zero-order chi connectivity index (χ0) is 10.6. The van der Waals surface area contributed by atoms with Crippen LogP contribution in [0.15, 0.2) is 12.4 Å². The normalized spacial score (nSPS) is 12.8. The van der Waals surface area contributed by atoms with Crippen LogP contribution in [0.4, 0.5) is 0 Å². The van der Waals surface area contributed by atoms with Gasteiger partial charge in [-0.05, 0) is 12.8 Å². The molecule has 0 aliphatic carbocycles. The second-order valence-corrected chi connectivity index (χ2v) is 3.28. The number of hydrogen-bond donors (Lipinski definition) is 1. The summed E-state index contributed by atoms with van der Waals surface area (Å²) in [6, 6.07) is 0. The van der Waals surface area contributed by atoms with Gasteiger partial charge in [0.2, 0.25) is 0 Å². The van der Waals surface area contributed by atoms with Gasteiger partial charge < -0.3 is 5.11 Å². The van der Waals surface area contributed by atoms with Gasteiger partial charge in [0.15, 0.2) is 5.78 Å². The van der Waals surface area contributed by atoms with Crippen molar-refractivity contribution in [1.29, 1.82) is 0 Å². The highest BCUT2D eigenvalue weighted by atomic mass is 16.3. The second kappa shape index (κ2) is 4.91. The summed E-state index contributed by atoms with van der Waals surface area (Å²) in [7, 11) is 0. The van der Waals surface area contributed by atoms with E-state index < -0.39 is 6.10 Å². The lowest BCUT2D eigenvalue weighted by molar-refractivity contribution is 0.0740. The molecule has 1 N–H and O–H groups in total. The van der Waals surface area contributed by atoms with Crippen LogP contribution < -0.4 is 0 Å². The maximum atomic E-state index is 11.5. The number of ketones is 1. The highest BCUT2D eigenvalue weighted by molar-refractivity contribution is 5.98. The van der Waals surface area contributed by atoms with Crippen molar-refractivity contribution < 1.29 is 9.90 Å². The van der Waals surface area contributed by atoms with Crippen LogP contribution in [0.5, 0.6) is 0 Å². The number of rotatable bonds is 5. The number of aromatic nitrogens is 2. The Morgan fingerprint density at radius 1 is 1.64 bits per heavy atom. The number of carbonyl (C=O) groups is 1. The molecular formula is C10H16N2O2. The van der Waals surface area contributed by atoms with Gasteiger partial charge >= 0.3 is 0 Å². The number of aliphatic hydroxyl groups excluding tert-OH is 1. The van der Waals surface area contributed by atoms with Gasteiger partial charge in [-0.15, -0.1) is 0 Å². The Bertz CT molecular complexity index is 307. The number of aryl methyl sites for hydroxylation is 1. The van der Waals surface area contributed by atoms with Crippen LogP contribution in [0.3, 0.4) is 0 Å². The summed E-state index contributed by atoms with van der Waals surface area (Å²) in [5.41, 5.74) is 0.493. The van der Waals surface area contributed by atoms with Crippen LogP contribution in [0, 0.1) is 0 Å². The van der Waals surface area contributed by atoms with Crippen molar-refractivity contribution in [3.63, 3.8) is 0 Å². The van der Waals surface area contributed by atoms with Crippen LogP contribution in [-0.2, 0) is 6.54 Å². The van der Waals surface area contributed by atoms with Crippen LogP contribution in [0.2, 0.25) is 0 Å². The van der Waals surface area contributed by atoms with Crippen molar-refractivity contribution in [3.05, 3.63) is 18.0 Å². The summed E-state index contributed by atoms with van der Waals surface area (Å²) in [4.78, 5) is 11.5. The third-order valence-corrected chi connectivity index (χ3v) is 2.06. The molecule has 4 nitrogen and oxygen atoms in total. The Hall–Kier alpha value is -1.16. The Kier molecular flexibility index (Phi) is 3.83. The number of carbonyl (C=O) groups excluding carboxylic acids is 1. The Morgan fingerprint density at radius 2 is 2.36 bits per heavy atom. The van der Waals surface area contributed by atoms with Gasteiger partial charge in [-0.1, -0.05) is 13.8 Å². The molecule has 0 fully saturated rings. The van der Waals surface area contributed by atoms with Crippen molar-refractivity contribution in [3.8, 4) is 0 Å². The molecule has 14 heavy (non-hydrogen) atoms. The van der Waals surface area contributed by atoms with E-state index in [1.807, 2.05) is 6.92 Å². The number of aliphatic hydroxyl groups is 1. The molecule has 1 unspecified atom stereocenters. The molecule has 1 atom stereocenters. The second-order valence-electron chi connectivity index (χ2n) is 3.28. The minimum Gasteiger partial charge on any atom is -0.385 e. The monoisotopic (exact) mass is 196 g/mol. The number of Topliss-reactive ketones (excluding diaryl/α,β-unsaturated/α-hetero) is 1. The first kappa shape index (κ1) is 10.9. The molecule has 0 saturated carbocycles.